The molecule has 1 aromatic rings. The number of rotatable bonds is 2. The molecule has 2 heterocycles. The molecule has 1 aliphatic rings. The van der Waals surface area contributed by atoms with Crippen LogP contribution in [0.1, 0.15) is 50.1 Å². The maximum atomic E-state index is 12.3. The molecule has 0 aliphatic carbocycles. The molecule has 1 amide bonds. The molecule has 0 bridgehead atoms. The van der Waals surface area contributed by atoms with E-state index in [0.29, 0.717) is 13.1 Å². The predicted octanol–water partition coefficient (Wildman–Crippen LogP) is 1.18. The topological polar surface area (TPSA) is 71.1 Å². The average molecular weight is 252 g/mol. The summed E-state index contributed by atoms with van der Waals surface area (Å²) in [5, 5.41) is 6.80. The number of amides is 1. The number of nitrogens with one attached hydrogen (secondary N) is 1. The summed E-state index contributed by atoms with van der Waals surface area (Å²) in [6, 6.07) is 0. The van der Waals surface area contributed by atoms with Crippen molar-refractivity contribution in [3.05, 3.63) is 11.6 Å². The van der Waals surface area contributed by atoms with Crippen LogP contribution in [0.15, 0.2) is 0 Å². The highest BCUT2D eigenvalue weighted by atomic mass is 16.5. The third-order valence-electron chi connectivity index (χ3n) is 2.95. The molecule has 6 nitrogen and oxygen atoms in total. The van der Waals surface area contributed by atoms with Gasteiger partial charge in [0.2, 0.25) is 5.82 Å². The minimum Gasteiger partial charge on any atom is -0.372 e. The molecule has 18 heavy (non-hydrogen) atoms. The Morgan fingerprint density at radius 2 is 2.00 bits per heavy atom. The molecule has 1 saturated heterocycles. The fourth-order valence-electron chi connectivity index (χ4n) is 2.11. The van der Waals surface area contributed by atoms with E-state index in [4.69, 9.17) is 4.74 Å². The van der Waals surface area contributed by atoms with Crippen molar-refractivity contribution in [3.63, 3.8) is 0 Å². The highest BCUT2D eigenvalue weighted by Crippen LogP contribution is 2.14. The molecule has 0 aromatic carbocycles. The zero-order chi connectivity index (χ0) is 13.3. The van der Waals surface area contributed by atoms with Crippen LogP contribution in [0.5, 0.6) is 0 Å². The number of H-pyrrole nitrogens is 1. The summed E-state index contributed by atoms with van der Waals surface area (Å²) in [4.78, 5) is 18.2. The van der Waals surface area contributed by atoms with Crippen molar-refractivity contribution in [3.8, 4) is 0 Å². The number of morpholine rings is 1. The van der Waals surface area contributed by atoms with Crippen LogP contribution in [0, 0.1) is 0 Å². The van der Waals surface area contributed by atoms with Crippen LogP contribution in [-0.4, -0.2) is 51.3 Å². The molecule has 1 aliphatic heterocycles. The van der Waals surface area contributed by atoms with Gasteiger partial charge >= 0.3 is 0 Å². The first-order valence-electron chi connectivity index (χ1n) is 6.34. The van der Waals surface area contributed by atoms with Crippen molar-refractivity contribution < 1.29 is 9.53 Å². The largest absolute Gasteiger partial charge is 0.372 e. The van der Waals surface area contributed by atoms with Crippen LogP contribution >= 0.6 is 0 Å². The molecule has 1 N–H and O–H groups in total. The zero-order valence-electron chi connectivity index (χ0n) is 11.3. The van der Waals surface area contributed by atoms with Gasteiger partial charge in [0.05, 0.1) is 12.2 Å². The molecule has 0 radical (unpaired) electrons. The fraction of sp³-hybridized carbons (Fsp3) is 0.750. The lowest BCUT2D eigenvalue weighted by atomic mass is 10.2. The summed E-state index contributed by atoms with van der Waals surface area (Å²) in [5.41, 5.74) is 0. The van der Waals surface area contributed by atoms with Gasteiger partial charge in [-0.25, -0.2) is 4.98 Å². The fourth-order valence-corrected chi connectivity index (χ4v) is 2.11. The Labute approximate surface area is 107 Å². The first-order valence-corrected chi connectivity index (χ1v) is 6.34. The second-order valence-corrected chi connectivity index (χ2v) is 5.17. The number of ether oxygens (including phenoxy) is 1. The van der Waals surface area contributed by atoms with E-state index in [1.54, 1.807) is 4.90 Å². The van der Waals surface area contributed by atoms with E-state index in [9.17, 15) is 4.79 Å². The van der Waals surface area contributed by atoms with E-state index in [-0.39, 0.29) is 29.9 Å². The molecule has 6 heteroatoms. The molecular formula is C12H20N4O2. The lowest BCUT2D eigenvalue weighted by Gasteiger charge is -2.34. The smallest absolute Gasteiger partial charge is 0.293 e. The second-order valence-electron chi connectivity index (χ2n) is 5.17. The summed E-state index contributed by atoms with van der Waals surface area (Å²) >= 11 is 0. The van der Waals surface area contributed by atoms with Gasteiger partial charge in [-0.1, -0.05) is 13.8 Å². The molecule has 0 saturated carbocycles. The third-order valence-corrected chi connectivity index (χ3v) is 2.95. The summed E-state index contributed by atoms with van der Waals surface area (Å²) < 4.78 is 5.60. The van der Waals surface area contributed by atoms with Gasteiger partial charge in [-0.2, -0.15) is 0 Å². The van der Waals surface area contributed by atoms with Gasteiger partial charge < -0.3 is 9.64 Å². The van der Waals surface area contributed by atoms with Gasteiger partial charge in [-0.3, -0.25) is 9.89 Å². The van der Waals surface area contributed by atoms with Gasteiger partial charge in [0.1, 0.15) is 5.82 Å². The normalized spacial score (nSPS) is 24.6. The van der Waals surface area contributed by atoms with E-state index in [2.05, 4.69) is 15.2 Å². The highest BCUT2D eigenvalue weighted by Gasteiger charge is 2.28. The molecule has 2 rings (SSSR count). The van der Waals surface area contributed by atoms with Crippen molar-refractivity contribution in [2.75, 3.05) is 13.1 Å². The first-order chi connectivity index (χ1) is 8.47. The summed E-state index contributed by atoms with van der Waals surface area (Å²) in [6.45, 7) is 9.13. The summed E-state index contributed by atoms with van der Waals surface area (Å²) in [5.74, 6) is 1.11. The Hall–Kier alpha value is -1.43. The van der Waals surface area contributed by atoms with Crippen molar-refractivity contribution in [2.45, 2.75) is 45.8 Å². The molecule has 2 atom stereocenters. The monoisotopic (exact) mass is 252 g/mol. The Kier molecular flexibility index (Phi) is 3.65. The maximum absolute atomic E-state index is 12.3. The number of aromatic nitrogens is 3. The van der Waals surface area contributed by atoms with Crippen molar-refractivity contribution in [2.24, 2.45) is 0 Å². The molecule has 1 fully saturated rings. The molecule has 1 aromatic heterocycles. The number of nitrogens with zero attached hydrogens (tertiary/aromatic N) is 3. The lowest BCUT2D eigenvalue weighted by molar-refractivity contribution is -0.0588. The number of hydrogen-bond acceptors (Lipinski definition) is 4. The van der Waals surface area contributed by atoms with E-state index < -0.39 is 0 Å². The molecule has 0 spiro atoms. The summed E-state index contributed by atoms with van der Waals surface area (Å²) in [7, 11) is 0. The van der Waals surface area contributed by atoms with Crippen LogP contribution in [0.3, 0.4) is 0 Å². The van der Waals surface area contributed by atoms with E-state index in [1.807, 2.05) is 27.7 Å². The average Bonchev–Trinajstić information content (AvgIpc) is 2.75. The molecular weight excluding hydrogens is 232 g/mol. The second kappa shape index (κ2) is 5.06. The van der Waals surface area contributed by atoms with Gasteiger partial charge in [0.15, 0.2) is 0 Å². The molecule has 0 unspecified atom stereocenters. The number of carbonyl (C=O) groups is 1. The predicted molar refractivity (Wildman–Crippen MR) is 66.4 cm³/mol. The summed E-state index contributed by atoms with van der Waals surface area (Å²) in [6.07, 6.45) is 0.113. The maximum Gasteiger partial charge on any atom is 0.293 e. The van der Waals surface area contributed by atoms with Gasteiger partial charge in [-0.05, 0) is 13.8 Å². The zero-order valence-corrected chi connectivity index (χ0v) is 11.3. The number of aromatic amines is 1. The number of hydrogen-bond donors (Lipinski definition) is 1. The van der Waals surface area contributed by atoms with Gasteiger partial charge in [0, 0.05) is 19.0 Å². The lowest BCUT2D eigenvalue weighted by Crippen LogP contribution is -2.48. The van der Waals surface area contributed by atoms with Crippen LogP contribution < -0.4 is 0 Å². The standard InChI is InChI=1S/C12H20N4O2/c1-7(2)10-13-11(15-14-10)12(17)16-5-8(3)18-9(4)6-16/h7-9H,5-6H2,1-4H3,(H,13,14,15)/t8-,9+. The molecule has 100 valence electrons. The Morgan fingerprint density at radius 1 is 1.39 bits per heavy atom. The van der Waals surface area contributed by atoms with Gasteiger partial charge in [0.25, 0.3) is 5.91 Å². The highest BCUT2D eigenvalue weighted by molar-refractivity contribution is 5.90. The van der Waals surface area contributed by atoms with Crippen LogP contribution in [0.25, 0.3) is 0 Å². The van der Waals surface area contributed by atoms with Crippen LogP contribution in [-0.2, 0) is 4.74 Å². The van der Waals surface area contributed by atoms with E-state index >= 15 is 0 Å². The SMILES string of the molecule is CC(C)c1nc(C(=O)N2C[C@@H](C)O[C@@H](C)C2)n[nH]1. The minimum atomic E-state index is -0.125. The van der Waals surface area contributed by atoms with Crippen LogP contribution in [0.2, 0.25) is 0 Å². The van der Waals surface area contributed by atoms with Crippen molar-refractivity contribution in [1.82, 2.24) is 20.1 Å². The Bertz CT molecular complexity index is 419. The van der Waals surface area contributed by atoms with Crippen LogP contribution in [0.4, 0.5) is 0 Å². The Morgan fingerprint density at radius 3 is 2.50 bits per heavy atom. The minimum absolute atomic E-state index is 0.0567. The third kappa shape index (κ3) is 2.69. The van der Waals surface area contributed by atoms with E-state index in [0.717, 1.165) is 5.82 Å². The van der Waals surface area contributed by atoms with Crippen molar-refractivity contribution in [1.29, 1.82) is 0 Å². The quantitative estimate of drug-likeness (QED) is 0.858. The van der Waals surface area contributed by atoms with E-state index in [1.165, 1.54) is 0 Å². The first kappa shape index (κ1) is 13.0. The van der Waals surface area contributed by atoms with Crippen molar-refractivity contribution >= 4 is 5.91 Å². The Balaban J connectivity index is 2.10. The number of carbonyl (C=O) groups excluding carboxylic acids is 1. The van der Waals surface area contributed by atoms with Gasteiger partial charge in [-0.15, -0.1) is 5.10 Å².